The van der Waals surface area contributed by atoms with E-state index >= 15 is 0 Å². The van der Waals surface area contributed by atoms with Gasteiger partial charge in [0.15, 0.2) is 0 Å². The fourth-order valence-corrected chi connectivity index (χ4v) is 2.51. The summed E-state index contributed by atoms with van der Waals surface area (Å²) in [7, 11) is 0. The minimum atomic E-state index is -4.43. The van der Waals surface area contributed by atoms with E-state index in [1.54, 1.807) is 20.1 Å². The van der Waals surface area contributed by atoms with E-state index in [2.05, 4.69) is 4.99 Å². The molecular formula is C19H18ClF3N2O. The lowest BCUT2D eigenvalue weighted by molar-refractivity contribution is -0.137. The lowest BCUT2D eigenvalue weighted by Gasteiger charge is -2.15. The van der Waals surface area contributed by atoms with Crippen LogP contribution in [0.4, 0.5) is 13.2 Å². The first-order chi connectivity index (χ1) is 12.0. The molecule has 0 saturated carbocycles. The molecule has 0 bridgehead atoms. The second-order valence-electron chi connectivity index (χ2n) is 6.09. The van der Waals surface area contributed by atoms with Crippen LogP contribution in [0.2, 0.25) is 0 Å². The van der Waals surface area contributed by atoms with Gasteiger partial charge in [0.25, 0.3) is 5.56 Å². The third kappa shape index (κ3) is 4.25. The van der Waals surface area contributed by atoms with Crippen molar-refractivity contribution in [3.63, 3.8) is 0 Å². The molecule has 1 heterocycles. The van der Waals surface area contributed by atoms with Crippen LogP contribution in [0.1, 0.15) is 36.2 Å². The number of halogens is 4. The Labute approximate surface area is 154 Å². The lowest BCUT2D eigenvalue weighted by atomic mass is 10.1. The van der Waals surface area contributed by atoms with Gasteiger partial charge in [-0.05, 0) is 63.1 Å². The SMILES string of the molecule is CC(C)=C(Cl)/N=C\c1c(C)cc(=O)n(-c2ccc(C(F)(F)F)cc2)c1C. The smallest absolute Gasteiger partial charge is 0.281 e. The molecule has 0 aliphatic rings. The number of aliphatic imine (C=N–C) groups is 1. The summed E-state index contributed by atoms with van der Waals surface area (Å²) in [6.45, 7) is 7.12. The van der Waals surface area contributed by atoms with E-state index in [0.717, 1.165) is 17.7 Å². The quantitative estimate of drug-likeness (QED) is 0.518. The van der Waals surface area contributed by atoms with Crippen LogP contribution >= 0.6 is 11.6 Å². The van der Waals surface area contributed by atoms with Crippen LogP contribution in [0.5, 0.6) is 0 Å². The standard InChI is InChI=1S/C19H18ClF3N2O/c1-11(2)18(20)24-10-16-12(3)9-17(26)25(13(16)4)15-7-5-14(6-8-15)19(21,22)23/h5-10H,1-4H3/b24-10-. The molecule has 138 valence electrons. The maximum atomic E-state index is 12.7. The normalized spacial score (nSPS) is 11.8. The Bertz CT molecular complexity index is 935. The first-order valence-corrected chi connectivity index (χ1v) is 8.18. The van der Waals surface area contributed by atoms with Crippen molar-refractivity contribution in [3.8, 4) is 5.69 Å². The maximum absolute atomic E-state index is 12.7. The van der Waals surface area contributed by atoms with Crippen LogP contribution in [0.15, 0.2) is 50.8 Å². The number of hydrogen-bond donors (Lipinski definition) is 0. The molecule has 0 aliphatic heterocycles. The van der Waals surface area contributed by atoms with Gasteiger partial charge in [-0.25, -0.2) is 4.99 Å². The minimum absolute atomic E-state index is 0.329. The van der Waals surface area contributed by atoms with Gasteiger partial charge in [0.2, 0.25) is 0 Å². The zero-order valence-electron chi connectivity index (χ0n) is 14.8. The first kappa shape index (κ1) is 20.0. The number of aromatic nitrogens is 1. The van der Waals surface area contributed by atoms with Crippen LogP contribution in [-0.4, -0.2) is 10.8 Å². The van der Waals surface area contributed by atoms with Crippen molar-refractivity contribution >= 4 is 17.8 Å². The van der Waals surface area contributed by atoms with Gasteiger partial charge in [-0.2, -0.15) is 13.2 Å². The summed E-state index contributed by atoms with van der Waals surface area (Å²) in [5.41, 5.74) is 2.05. The Morgan fingerprint density at radius 2 is 1.73 bits per heavy atom. The van der Waals surface area contributed by atoms with E-state index in [1.807, 2.05) is 13.8 Å². The van der Waals surface area contributed by atoms with Crippen molar-refractivity contribution in [2.45, 2.75) is 33.9 Å². The third-order valence-corrected chi connectivity index (χ3v) is 4.36. The van der Waals surface area contributed by atoms with E-state index in [0.29, 0.717) is 27.7 Å². The number of hydrogen-bond acceptors (Lipinski definition) is 2. The zero-order chi connectivity index (χ0) is 19.6. The van der Waals surface area contributed by atoms with Gasteiger partial charge < -0.3 is 0 Å². The molecule has 0 fully saturated rings. The second kappa shape index (κ2) is 7.50. The van der Waals surface area contributed by atoms with Crippen LogP contribution in [-0.2, 0) is 6.18 Å². The highest BCUT2D eigenvalue weighted by Crippen LogP contribution is 2.29. The highest BCUT2D eigenvalue weighted by molar-refractivity contribution is 6.30. The number of pyridine rings is 1. The molecule has 2 rings (SSSR count). The molecule has 0 atom stereocenters. The molecular weight excluding hydrogens is 365 g/mol. The predicted octanol–water partition coefficient (Wildman–Crippen LogP) is 5.38. The molecule has 1 aromatic carbocycles. The molecule has 0 spiro atoms. The van der Waals surface area contributed by atoms with Gasteiger partial charge in [0.1, 0.15) is 5.16 Å². The van der Waals surface area contributed by atoms with E-state index in [4.69, 9.17) is 11.6 Å². The molecule has 0 radical (unpaired) electrons. The van der Waals surface area contributed by atoms with E-state index in [-0.39, 0.29) is 5.56 Å². The number of alkyl halides is 3. The Hall–Kier alpha value is -2.34. The molecule has 1 aromatic heterocycles. The van der Waals surface area contributed by atoms with E-state index in [9.17, 15) is 18.0 Å². The van der Waals surface area contributed by atoms with Gasteiger partial charge in [-0.3, -0.25) is 9.36 Å². The van der Waals surface area contributed by atoms with Gasteiger partial charge >= 0.3 is 6.18 Å². The number of aryl methyl sites for hydroxylation is 1. The Kier molecular flexibility index (Phi) is 5.76. The van der Waals surface area contributed by atoms with Crippen molar-refractivity contribution in [2.24, 2.45) is 4.99 Å². The van der Waals surface area contributed by atoms with Crippen molar-refractivity contribution in [3.05, 3.63) is 73.8 Å². The van der Waals surface area contributed by atoms with Gasteiger partial charge in [-0.1, -0.05) is 11.6 Å². The van der Waals surface area contributed by atoms with Gasteiger partial charge in [0, 0.05) is 29.2 Å². The monoisotopic (exact) mass is 382 g/mol. The van der Waals surface area contributed by atoms with E-state index < -0.39 is 11.7 Å². The van der Waals surface area contributed by atoms with Crippen LogP contribution < -0.4 is 5.56 Å². The average molecular weight is 383 g/mol. The van der Waals surface area contributed by atoms with Gasteiger partial charge in [0.05, 0.1) is 5.56 Å². The second-order valence-corrected chi connectivity index (χ2v) is 6.45. The Morgan fingerprint density at radius 3 is 2.23 bits per heavy atom. The fourth-order valence-electron chi connectivity index (χ4n) is 2.46. The molecule has 0 unspecified atom stereocenters. The molecule has 26 heavy (non-hydrogen) atoms. The summed E-state index contributed by atoms with van der Waals surface area (Å²) in [6.07, 6.45) is -2.87. The number of allylic oxidation sites excluding steroid dienone is 1. The van der Waals surface area contributed by atoms with Crippen molar-refractivity contribution in [2.75, 3.05) is 0 Å². The summed E-state index contributed by atoms with van der Waals surface area (Å²) in [6, 6.07) is 5.87. The summed E-state index contributed by atoms with van der Waals surface area (Å²) in [4.78, 5) is 16.6. The maximum Gasteiger partial charge on any atom is 0.416 e. The summed E-state index contributed by atoms with van der Waals surface area (Å²) < 4.78 is 39.6. The molecule has 7 heteroatoms. The van der Waals surface area contributed by atoms with Crippen molar-refractivity contribution in [1.82, 2.24) is 4.57 Å². The predicted molar refractivity (Wildman–Crippen MR) is 98.3 cm³/mol. The summed E-state index contributed by atoms with van der Waals surface area (Å²) in [5, 5.41) is 0.344. The average Bonchev–Trinajstić information content (AvgIpc) is 2.53. The van der Waals surface area contributed by atoms with Crippen LogP contribution in [0.25, 0.3) is 5.69 Å². The summed E-state index contributed by atoms with van der Waals surface area (Å²) >= 11 is 6.03. The zero-order valence-corrected chi connectivity index (χ0v) is 15.5. The molecule has 0 aliphatic carbocycles. The van der Waals surface area contributed by atoms with Gasteiger partial charge in [-0.15, -0.1) is 0 Å². The lowest BCUT2D eigenvalue weighted by Crippen LogP contribution is -2.22. The van der Waals surface area contributed by atoms with Crippen LogP contribution in [0, 0.1) is 13.8 Å². The fraction of sp³-hybridized carbons (Fsp3) is 0.263. The minimum Gasteiger partial charge on any atom is -0.281 e. The molecule has 0 N–H and O–H groups in total. The highest BCUT2D eigenvalue weighted by atomic mass is 35.5. The van der Waals surface area contributed by atoms with E-state index in [1.165, 1.54) is 22.8 Å². The molecule has 3 nitrogen and oxygen atoms in total. The number of benzene rings is 1. The first-order valence-electron chi connectivity index (χ1n) is 7.80. The molecule has 0 amide bonds. The Morgan fingerprint density at radius 1 is 1.15 bits per heavy atom. The molecule has 2 aromatic rings. The largest absolute Gasteiger partial charge is 0.416 e. The Balaban J connectivity index is 2.59. The highest BCUT2D eigenvalue weighted by Gasteiger charge is 2.30. The van der Waals surface area contributed by atoms with Crippen LogP contribution in [0.3, 0.4) is 0 Å². The number of nitrogens with zero attached hydrogens (tertiary/aromatic N) is 2. The third-order valence-electron chi connectivity index (χ3n) is 3.88. The molecule has 0 saturated heterocycles. The summed E-state index contributed by atoms with van der Waals surface area (Å²) in [5.74, 6) is 0. The topological polar surface area (TPSA) is 34.4 Å². The van der Waals surface area contributed by atoms with Crippen molar-refractivity contribution < 1.29 is 13.2 Å². The number of rotatable bonds is 3. The van der Waals surface area contributed by atoms with Crippen molar-refractivity contribution in [1.29, 1.82) is 0 Å².